The molecule has 1 rings (SSSR count). The van der Waals surface area contributed by atoms with Gasteiger partial charge in [-0.15, -0.1) is 0 Å². The fourth-order valence-corrected chi connectivity index (χ4v) is 1.47. The van der Waals surface area contributed by atoms with Gasteiger partial charge >= 0.3 is 0 Å². The Labute approximate surface area is 102 Å². The lowest BCUT2D eigenvalue weighted by atomic mass is 10.3. The van der Waals surface area contributed by atoms with Crippen LogP contribution in [0, 0.1) is 0 Å². The lowest BCUT2D eigenvalue weighted by Gasteiger charge is -2.05. The van der Waals surface area contributed by atoms with Crippen LogP contribution in [0.25, 0.3) is 0 Å². The summed E-state index contributed by atoms with van der Waals surface area (Å²) < 4.78 is 5.57. The van der Waals surface area contributed by atoms with Crippen molar-refractivity contribution in [1.29, 1.82) is 0 Å². The van der Waals surface area contributed by atoms with Gasteiger partial charge in [-0.2, -0.15) is 0 Å². The molecule has 0 spiro atoms. The number of rotatable bonds is 8. The summed E-state index contributed by atoms with van der Waals surface area (Å²) >= 11 is 5.78. The molecular formula is C13H19ClNO+. The van der Waals surface area contributed by atoms with Gasteiger partial charge in [0.15, 0.2) is 0 Å². The van der Waals surface area contributed by atoms with Crippen molar-refractivity contribution in [2.24, 2.45) is 0 Å². The van der Waals surface area contributed by atoms with Crippen LogP contribution >= 0.6 is 11.6 Å². The molecule has 1 aromatic carbocycles. The molecule has 0 saturated carbocycles. The molecule has 0 aromatic heterocycles. The van der Waals surface area contributed by atoms with Crippen molar-refractivity contribution in [2.75, 3.05) is 19.7 Å². The number of hydrogen-bond donors (Lipinski definition) is 1. The van der Waals surface area contributed by atoms with E-state index in [-0.39, 0.29) is 0 Å². The Hall–Kier alpha value is -0.990. The van der Waals surface area contributed by atoms with Crippen molar-refractivity contribution >= 4 is 11.6 Å². The van der Waals surface area contributed by atoms with Crippen LogP contribution in [-0.2, 0) is 0 Å². The Bertz CT molecular complexity index is 297. The molecule has 0 amide bonds. The summed E-state index contributed by atoms with van der Waals surface area (Å²) in [7, 11) is 0. The van der Waals surface area contributed by atoms with Gasteiger partial charge in [0.1, 0.15) is 5.75 Å². The molecule has 88 valence electrons. The van der Waals surface area contributed by atoms with Crippen molar-refractivity contribution in [3.63, 3.8) is 0 Å². The van der Waals surface area contributed by atoms with E-state index in [9.17, 15) is 0 Å². The summed E-state index contributed by atoms with van der Waals surface area (Å²) in [5.41, 5.74) is 0. The molecule has 0 fully saturated rings. The minimum Gasteiger partial charge on any atom is -0.494 e. The smallest absolute Gasteiger partial charge is 0.119 e. The quantitative estimate of drug-likeness (QED) is 0.548. The van der Waals surface area contributed by atoms with Gasteiger partial charge in [0.2, 0.25) is 0 Å². The summed E-state index contributed by atoms with van der Waals surface area (Å²) in [6, 6.07) is 7.47. The predicted octanol–water partition coefficient (Wildman–Crippen LogP) is 2.25. The topological polar surface area (TPSA) is 25.8 Å². The Balaban J connectivity index is 2.02. The highest BCUT2D eigenvalue weighted by molar-refractivity contribution is 6.30. The second-order valence-electron chi connectivity index (χ2n) is 3.61. The third-order valence-corrected chi connectivity index (χ3v) is 2.47. The van der Waals surface area contributed by atoms with Gasteiger partial charge in [-0.25, -0.2) is 0 Å². The summed E-state index contributed by atoms with van der Waals surface area (Å²) in [4.78, 5) is 0. The Morgan fingerprint density at radius 3 is 2.69 bits per heavy atom. The highest BCUT2D eigenvalue weighted by atomic mass is 35.5. The number of hydrogen-bond acceptors (Lipinski definition) is 1. The van der Waals surface area contributed by atoms with Crippen molar-refractivity contribution in [2.45, 2.75) is 12.8 Å². The van der Waals surface area contributed by atoms with Gasteiger partial charge in [-0.3, -0.25) is 0 Å². The van der Waals surface area contributed by atoms with Crippen LogP contribution in [-0.4, -0.2) is 19.7 Å². The fourth-order valence-electron chi connectivity index (χ4n) is 1.35. The van der Waals surface area contributed by atoms with E-state index in [4.69, 9.17) is 16.3 Å². The Morgan fingerprint density at radius 2 is 2.00 bits per heavy atom. The summed E-state index contributed by atoms with van der Waals surface area (Å²) in [5.74, 6) is 0.888. The zero-order valence-electron chi connectivity index (χ0n) is 9.49. The molecule has 0 aliphatic heterocycles. The molecule has 0 radical (unpaired) electrons. The standard InChI is InChI=1S/C13H18ClNO/c1-2-9-15-10-3-4-11-16-13-7-5-12(14)6-8-13/h2,5-8,15H,1,3-4,9-11H2/p+1. The highest BCUT2D eigenvalue weighted by Crippen LogP contribution is 2.15. The first-order valence-corrected chi connectivity index (χ1v) is 6.01. The number of unbranched alkanes of at least 4 members (excludes halogenated alkanes) is 1. The maximum Gasteiger partial charge on any atom is 0.119 e. The third kappa shape index (κ3) is 5.79. The average Bonchev–Trinajstić information content (AvgIpc) is 2.30. The van der Waals surface area contributed by atoms with E-state index >= 15 is 0 Å². The van der Waals surface area contributed by atoms with Crippen LogP contribution in [0.2, 0.25) is 5.02 Å². The van der Waals surface area contributed by atoms with E-state index in [1.165, 1.54) is 6.42 Å². The molecule has 0 unspecified atom stereocenters. The molecular weight excluding hydrogens is 222 g/mol. The van der Waals surface area contributed by atoms with Gasteiger partial charge < -0.3 is 10.1 Å². The molecule has 16 heavy (non-hydrogen) atoms. The molecule has 3 heteroatoms. The van der Waals surface area contributed by atoms with Gasteiger partial charge in [-0.05, 0) is 43.2 Å². The molecule has 1 aromatic rings. The molecule has 2 nitrogen and oxygen atoms in total. The first-order chi connectivity index (χ1) is 7.83. The van der Waals surface area contributed by atoms with Crippen LogP contribution in [0.3, 0.4) is 0 Å². The minimum absolute atomic E-state index is 0.742. The average molecular weight is 241 g/mol. The van der Waals surface area contributed by atoms with E-state index in [0.29, 0.717) is 0 Å². The van der Waals surface area contributed by atoms with Gasteiger partial charge in [-0.1, -0.05) is 18.2 Å². The first-order valence-electron chi connectivity index (χ1n) is 5.64. The minimum atomic E-state index is 0.742. The van der Waals surface area contributed by atoms with Crippen molar-refractivity contribution < 1.29 is 10.1 Å². The SMILES string of the molecule is C=CC[NH2+]CCCCOc1ccc(Cl)cc1. The number of halogens is 1. The molecule has 0 bridgehead atoms. The normalized spacial score (nSPS) is 10.1. The zero-order valence-corrected chi connectivity index (χ0v) is 10.2. The molecule has 0 aliphatic rings. The van der Waals surface area contributed by atoms with E-state index < -0.39 is 0 Å². The van der Waals surface area contributed by atoms with E-state index in [2.05, 4.69) is 11.9 Å². The third-order valence-electron chi connectivity index (χ3n) is 2.22. The summed E-state index contributed by atoms with van der Waals surface area (Å²) in [6.45, 7) is 6.58. The maximum absolute atomic E-state index is 5.78. The molecule has 0 heterocycles. The molecule has 2 N–H and O–H groups in total. The first kappa shape index (κ1) is 13.1. The van der Waals surface area contributed by atoms with E-state index in [1.54, 1.807) is 0 Å². The lowest BCUT2D eigenvalue weighted by molar-refractivity contribution is -0.646. The molecule has 0 atom stereocenters. The maximum atomic E-state index is 5.78. The molecule has 0 saturated heterocycles. The fraction of sp³-hybridized carbons (Fsp3) is 0.385. The van der Waals surface area contributed by atoms with Gasteiger partial charge in [0.25, 0.3) is 0 Å². The molecule has 0 aliphatic carbocycles. The monoisotopic (exact) mass is 240 g/mol. The van der Waals surface area contributed by atoms with Crippen molar-refractivity contribution in [3.05, 3.63) is 41.9 Å². The van der Waals surface area contributed by atoms with Crippen LogP contribution in [0.15, 0.2) is 36.9 Å². The largest absolute Gasteiger partial charge is 0.494 e. The summed E-state index contributed by atoms with van der Waals surface area (Å²) in [6.07, 6.45) is 4.17. The number of nitrogens with two attached hydrogens (primary N) is 1. The van der Waals surface area contributed by atoms with Crippen LogP contribution in [0.4, 0.5) is 0 Å². The second kappa shape index (κ2) is 8.20. The van der Waals surface area contributed by atoms with Crippen LogP contribution in [0.5, 0.6) is 5.75 Å². The number of ether oxygens (including phenoxy) is 1. The van der Waals surface area contributed by atoms with Gasteiger partial charge in [0.05, 0.1) is 19.7 Å². The van der Waals surface area contributed by atoms with Crippen molar-refractivity contribution in [3.8, 4) is 5.75 Å². The zero-order chi connectivity index (χ0) is 11.6. The summed E-state index contributed by atoms with van der Waals surface area (Å²) in [5, 5.41) is 2.99. The van der Waals surface area contributed by atoms with E-state index in [0.717, 1.165) is 36.9 Å². The van der Waals surface area contributed by atoms with Crippen LogP contribution < -0.4 is 10.1 Å². The lowest BCUT2D eigenvalue weighted by Crippen LogP contribution is -2.83. The highest BCUT2D eigenvalue weighted by Gasteiger charge is 1.94. The predicted molar refractivity (Wildman–Crippen MR) is 68.0 cm³/mol. The van der Waals surface area contributed by atoms with E-state index in [1.807, 2.05) is 30.3 Å². The Morgan fingerprint density at radius 1 is 1.25 bits per heavy atom. The Kier molecular flexibility index (Phi) is 6.70. The number of quaternary nitrogens is 1. The van der Waals surface area contributed by atoms with Crippen molar-refractivity contribution in [1.82, 2.24) is 0 Å². The second-order valence-corrected chi connectivity index (χ2v) is 4.05. The van der Waals surface area contributed by atoms with Crippen LogP contribution in [0.1, 0.15) is 12.8 Å². The number of benzene rings is 1. The van der Waals surface area contributed by atoms with Gasteiger partial charge in [0, 0.05) is 5.02 Å².